The largest absolute Gasteiger partial charge is 0.466 e. The van der Waals surface area contributed by atoms with Crippen molar-refractivity contribution in [1.29, 1.82) is 0 Å². The normalized spacial score (nSPS) is 11.9. The van der Waals surface area contributed by atoms with E-state index >= 15 is 0 Å². The van der Waals surface area contributed by atoms with Crippen molar-refractivity contribution in [3.8, 4) is 0 Å². The highest BCUT2D eigenvalue weighted by Gasteiger charge is 2.17. The molecule has 0 aliphatic rings. The molecule has 0 spiro atoms. The molecule has 0 bridgehead atoms. The third-order valence-corrected chi connectivity index (χ3v) is 1.81. The van der Waals surface area contributed by atoms with Crippen molar-refractivity contribution < 1.29 is 24.2 Å². The molecule has 0 aromatic heterocycles. The molecule has 0 saturated carbocycles. The number of carbonyl (C=O) groups is 2. The molecule has 0 amide bonds. The molecule has 1 N–H and O–H groups in total. The highest BCUT2D eigenvalue weighted by atomic mass is 16.5. The lowest BCUT2D eigenvalue weighted by atomic mass is 10.2. The van der Waals surface area contributed by atoms with E-state index < -0.39 is 18.0 Å². The summed E-state index contributed by atoms with van der Waals surface area (Å²) in [4.78, 5) is 22.2. The van der Waals surface area contributed by atoms with Crippen LogP contribution in [-0.4, -0.2) is 36.4 Å². The maximum atomic E-state index is 11.1. The number of aliphatic hydroxyl groups is 1. The molecular weight excluding hydrogens is 212 g/mol. The SMILES string of the molecule is CCCOC(=O)CCC(O)C(=O)OCCC. The Morgan fingerprint density at radius 2 is 1.69 bits per heavy atom. The molecule has 0 aromatic carbocycles. The minimum Gasteiger partial charge on any atom is -0.466 e. The minimum absolute atomic E-state index is 0.0302. The molecule has 0 aromatic rings. The Morgan fingerprint density at radius 1 is 1.12 bits per heavy atom. The highest BCUT2D eigenvalue weighted by molar-refractivity contribution is 5.76. The third kappa shape index (κ3) is 7.23. The second-order valence-electron chi connectivity index (χ2n) is 3.44. The van der Waals surface area contributed by atoms with Crippen LogP contribution in [0.2, 0.25) is 0 Å². The third-order valence-electron chi connectivity index (χ3n) is 1.81. The predicted molar refractivity (Wildman–Crippen MR) is 57.7 cm³/mol. The van der Waals surface area contributed by atoms with Crippen molar-refractivity contribution in [2.75, 3.05) is 13.2 Å². The Morgan fingerprint density at radius 3 is 2.25 bits per heavy atom. The molecule has 0 aliphatic carbocycles. The van der Waals surface area contributed by atoms with Crippen LogP contribution in [0.1, 0.15) is 39.5 Å². The van der Waals surface area contributed by atoms with Crippen molar-refractivity contribution in [3.05, 3.63) is 0 Å². The summed E-state index contributed by atoms with van der Waals surface area (Å²) in [5, 5.41) is 9.34. The van der Waals surface area contributed by atoms with Crippen LogP contribution in [-0.2, 0) is 19.1 Å². The van der Waals surface area contributed by atoms with Gasteiger partial charge < -0.3 is 14.6 Å². The second-order valence-corrected chi connectivity index (χ2v) is 3.44. The number of aliphatic hydroxyl groups excluding tert-OH is 1. The Labute approximate surface area is 95.7 Å². The van der Waals surface area contributed by atoms with E-state index in [-0.39, 0.29) is 19.4 Å². The topological polar surface area (TPSA) is 72.8 Å². The lowest BCUT2D eigenvalue weighted by molar-refractivity contribution is -0.154. The average molecular weight is 232 g/mol. The molecule has 0 fully saturated rings. The molecule has 1 unspecified atom stereocenters. The Balaban J connectivity index is 3.66. The van der Waals surface area contributed by atoms with Crippen LogP contribution < -0.4 is 0 Å². The summed E-state index contributed by atoms with van der Waals surface area (Å²) < 4.78 is 9.53. The molecule has 0 rings (SSSR count). The van der Waals surface area contributed by atoms with Gasteiger partial charge in [0.15, 0.2) is 6.10 Å². The lowest BCUT2D eigenvalue weighted by Gasteiger charge is -2.09. The first-order chi connectivity index (χ1) is 7.61. The minimum atomic E-state index is -1.24. The lowest BCUT2D eigenvalue weighted by Crippen LogP contribution is -2.24. The number of hydrogen-bond acceptors (Lipinski definition) is 5. The Hall–Kier alpha value is -1.10. The zero-order valence-corrected chi connectivity index (χ0v) is 9.90. The number of carbonyl (C=O) groups excluding carboxylic acids is 2. The van der Waals surface area contributed by atoms with Gasteiger partial charge in [0.05, 0.1) is 13.2 Å². The van der Waals surface area contributed by atoms with Gasteiger partial charge in [-0.2, -0.15) is 0 Å². The Bertz CT molecular complexity index is 214. The summed E-state index contributed by atoms with van der Waals surface area (Å²) >= 11 is 0. The van der Waals surface area contributed by atoms with Gasteiger partial charge >= 0.3 is 11.9 Å². The highest BCUT2D eigenvalue weighted by Crippen LogP contribution is 2.02. The molecule has 0 aliphatic heterocycles. The van der Waals surface area contributed by atoms with Gasteiger partial charge in [-0.15, -0.1) is 0 Å². The standard InChI is InChI=1S/C11H20O5/c1-3-7-15-10(13)6-5-9(12)11(14)16-8-4-2/h9,12H,3-8H2,1-2H3. The maximum absolute atomic E-state index is 11.1. The predicted octanol–water partition coefficient (Wildman–Crippen LogP) is 1.03. The van der Waals surface area contributed by atoms with Crippen molar-refractivity contribution in [3.63, 3.8) is 0 Å². The van der Waals surface area contributed by atoms with E-state index in [1.807, 2.05) is 13.8 Å². The summed E-state index contributed by atoms with van der Waals surface area (Å²) in [5.74, 6) is -1.07. The van der Waals surface area contributed by atoms with Crippen LogP contribution in [0.4, 0.5) is 0 Å². The monoisotopic (exact) mass is 232 g/mol. The Kier molecular flexibility index (Phi) is 8.52. The summed E-state index contributed by atoms with van der Waals surface area (Å²) in [6.45, 7) is 4.41. The fourth-order valence-corrected chi connectivity index (χ4v) is 0.959. The van der Waals surface area contributed by atoms with E-state index in [1.165, 1.54) is 0 Å². The maximum Gasteiger partial charge on any atom is 0.334 e. The number of esters is 2. The summed E-state index contributed by atoms with van der Waals surface area (Å²) in [7, 11) is 0. The van der Waals surface area contributed by atoms with E-state index in [2.05, 4.69) is 0 Å². The van der Waals surface area contributed by atoms with E-state index in [1.54, 1.807) is 0 Å². The van der Waals surface area contributed by atoms with Gasteiger partial charge in [0.1, 0.15) is 0 Å². The van der Waals surface area contributed by atoms with E-state index in [0.29, 0.717) is 13.0 Å². The molecular formula is C11H20O5. The molecule has 1 atom stereocenters. The summed E-state index contributed by atoms with van der Waals surface area (Å²) in [6, 6.07) is 0. The molecule has 5 heteroatoms. The molecule has 5 nitrogen and oxygen atoms in total. The van der Waals surface area contributed by atoms with Crippen molar-refractivity contribution in [2.24, 2.45) is 0 Å². The first-order valence-corrected chi connectivity index (χ1v) is 5.62. The van der Waals surface area contributed by atoms with Crippen molar-refractivity contribution in [1.82, 2.24) is 0 Å². The van der Waals surface area contributed by atoms with Crippen LogP contribution in [0, 0.1) is 0 Å². The molecule has 0 heterocycles. The molecule has 16 heavy (non-hydrogen) atoms. The molecule has 0 saturated heterocycles. The van der Waals surface area contributed by atoms with E-state index in [4.69, 9.17) is 9.47 Å². The van der Waals surface area contributed by atoms with Gasteiger partial charge in [-0.25, -0.2) is 4.79 Å². The summed E-state index contributed by atoms with van der Waals surface area (Å²) in [6.07, 6.45) is 0.304. The summed E-state index contributed by atoms with van der Waals surface area (Å²) in [5.41, 5.74) is 0. The smallest absolute Gasteiger partial charge is 0.334 e. The average Bonchev–Trinajstić information content (AvgIpc) is 2.30. The van der Waals surface area contributed by atoms with Crippen LogP contribution in [0.15, 0.2) is 0 Å². The molecule has 0 radical (unpaired) electrons. The first-order valence-electron chi connectivity index (χ1n) is 5.62. The van der Waals surface area contributed by atoms with Gasteiger partial charge in [0.25, 0.3) is 0 Å². The first kappa shape index (κ1) is 14.9. The van der Waals surface area contributed by atoms with E-state index in [0.717, 1.165) is 6.42 Å². The fourth-order valence-electron chi connectivity index (χ4n) is 0.959. The van der Waals surface area contributed by atoms with Crippen LogP contribution in [0.25, 0.3) is 0 Å². The van der Waals surface area contributed by atoms with Crippen LogP contribution in [0.5, 0.6) is 0 Å². The molecule has 94 valence electrons. The van der Waals surface area contributed by atoms with Crippen LogP contribution in [0.3, 0.4) is 0 Å². The number of hydrogen-bond donors (Lipinski definition) is 1. The quantitative estimate of drug-likeness (QED) is 0.633. The van der Waals surface area contributed by atoms with Crippen molar-refractivity contribution >= 4 is 11.9 Å². The van der Waals surface area contributed by atoms with Gasteiger partial charge in [-0.3, -0.25) is 4.79 Å². The zero-order valence-electron chi connectivity index (χ0n) is 9.90. The zero-order chi connectivity index (χ0) is 12.4. The fraction of sp³-hybridized carbons (Fsp3) is 0.818. The number of rotatable bonds is 8. The van der Waals surface area contributed by atoms with E-state index in [9.17, 15) is 14.7 Å². The second kappa shape index (κ2) is 9.15. The van der Waals surface area contributed by atoms with Gasteiger partial charge in [0.2, 0.25) is 0 Å². The van der Waals surface area contributed by atoms with Crippen molar-refractivity contribution in [2.45, 2.75) is 45.6 Å². The van der Waals surface area contributed by atoms with Gasteiger partial charge in [-0.1, -0.05) is 13.8 Å². The number of ether oxygens (including phenoxy) is 2. The van der Waals surface area contributed by atoms with Gasteiger partial charge in [0, 0.05) is 6.42 Å². The van der Waals surface area contributed by atoms with Crippen LogP contribution >= 0.6 is 0 Å². The van der Waals surface area contributed by atoms with Gasteiger partial charge in [-0.05, 0) is 19.3 Å².